The van der Waals surface area contributed by atoms with Crippen LogP contribution in [0.1, 0.15) is 34.6 Å². The van der Waals surface area contributed by atoms with E-state index in [2.05, 4.69) is 0 Å². The van der Waals surface area contributed by atoms with Crippen LogP contribution in [0.25, 0.3) is 0 Å². The first-order valence-corrected chi connectivity index (χ1v) is 4.97. The second-order valence-electron chi connectivity index (χ2n) is 4.56. The van der Waals surface area contributed by atoms with Crippen LogP contribution in [-0.2, 0) is 4.74 Å². The molecular weight excluding hydrogens is 180 g/mol. The topological polar surface area (TPSA) is 55.6 Å². The lowest BCUT2D eigenvalue weighted by Crippen LogP contribution is -2.43. The number of hydrogen-bond acceptors (Lipinski definition) is 3. The van der Waals surface area contributed by atoms with E-state index in [-0.39, 0.29) is 12.1 Å². The molecule has 0 aliphatic heterocycles. The fraction of sp³-hybridized carbons (Fsp3) is 0.900. The van der Waals surface area contributed by atoms with Gasteiger partial charge in [0.2, 0.25) is 0 Å². The molecule has 0 aromatic rings. The minimum absolute atomic E-state index is 0.119. The van der Waals surface area contributed by atoms with Gasteiger partial charge in [-0.2, -0.15) is 0 Å². The van der Waals surface area contributed by atoms with Crippen LogP contribution >= 0.6 is 0 Å². The molecule has 0 spiro atoms. The summed E-state index contributed by atoms with van der Waals surface area (Å²) in [7, 11) is 0. The van der Waals surface area contributed by atoms with E-state index in [0.29, 0.717) is 13.1 Å². The van der Waals surface area contributed by atoms with E-state index in [4.69, 9.17) is 10.5 Å². The van der Waals surface area contributed by atoms with E-state index in [0.717, 1.165) is 0 Å². The monoisotopic (exact) mass is 202 g/mol. The Morgan fingerprint density at radius 1 is 1.43 bits per heavy atom. The zero-order valence-corrected chi connectivity index (χ0v) is 9.83. The smallest absolute Gasteiger partial charge is 0.410 e. The number of ether oxygens (including phenoxy) is 1. The van der Waals surface area contributed by atoms with Crippen LogP contribution in [0.15, 0.2) is 0 Å². The van der Waals surface area contributed by atoms with E-state index >= 15 is 0 Å². The number of rotatable bonds is 3. The Morgan fingerprint density at radius 2 is 1.93 bits per heavy atom. The third-order valence-corrected chi connectivity index (χ3v) is 1.62. The van der Waals surface area contributed by atoms with Gasteiger partial charge in [-0.25, -0.2) is 4.79 Å². The molecule has 0 aromatic carbocycles. The molecule has 0 aliphatic carbocycles. The van der Waals surface area contributed by atoms with Crippen LogP contribution in [0.5, 0.6) is 0 Å². The molecule has 0 saturated heterocycles. The highest BCUT2D eigenvalue weighted by atomic mass is 16.6. The van der Waals surface area contributed by atoms with Gasteiger partial charge in [0.05, 0.1) is 0 Å². The molecule has 0 atom stereocenters. The van der Waals surface area contributed by atoms with Crippen LogP contribution < -0.4 is 5.73 Å². The highest BCUT2D eigenvalue weighted by molar-refractivity contribution is 5.68. The summed E-state index contributed by atoms with van der Waals surface area (Å²) < 4.78 is 5.25. The van der Waals surface area contributed by atoms with Crippen molar-refractivity contribution in [2.45, 2.75) is 46.3 Å². The predicted octanol–water partition coefficient (Wildman–Crippen LogP) is 1.59. The van der Waals surface area contributed by atoms with E-state index in [9.17, 15) is 4.79 Å². The summed E-state index contributed by atoms with van der Waals surface area (Å²) in [6, 6.07) is 0.119. The van der Waals surface area contributed by atoms with Crippen molar-refractivity contribution in [2.24, 2.45) is 5.73 Å². The summed E-state index contributed by atoms with van der Waals surface area (Å²) in [6.45, 7) is 10.4. The van der Waals surface area contributed by atoms with Crippen LogP contribution in [0.2, 0.25) is 0 Å². The van der Waals surface area contributed by atoms with Gasteiger partial charge < -0.3 is 15.4 Å². The van der Waals surface area contributed by atoms with Crippen molar-refractivity contribution >= 4 is 6.09 Å². The van der Waals surface area contributed by atoms with Gasteiger partial charge in [0.15, 0.2) is 0 Å². The molecule has 14 heavy (non-hydrogen) atoms. The molecule has 4 nitrogen and oxygen atoms in total. The summed E-state index contributed by atoms with van der Waals surface area (Å²) in [5, 5.41) is 0. The number of nitrogens with two attached hydrogens (primary N) is 1. The molecule has 0 saturated carbocycles. The Balaban J connectivity index is 4.30. The Hall–Kier alpha value is -0.770. The van der Waals surface area contributed by atoms with Crippen molar-refractivity contribution in [2.75, 3.05) is 13.1 Å². The third kappa shape index (κ3) is 5.07. The van der Waals surface area contributed by atoms with E-state index in [1.807, 2.05) is 34.6 Å². The second kappa shape index (κ2) is 5.20. The standard InChI is InChI=1S/C10H22N2O2/c1-8(2)12(7-6-11)9(13)14-10(3,4)5/h8H,6-7,11H2,1-5H3. The van der Waals surface area contributed by atoms with Gasteiger partial charge in [-0.05, 0) is 34.6 Å². The molecule has 0 fully saturated rings. The lowest BCUT2D eigenvalue weighted by molar-refractivity contribution is 0.0198. The molecule has 0 rings (SSSR count). The van der Waals surface area contributed by atoms with Crippen molar-refractivity contribution in [3.63, 3.8) is 0 Å². The maximum absolute atomic E-state index is 11.6. The normalized spacial score (nSPS) is 11.6. The second-order valence-corrected chi connectivity index (χ2v) is 4.56. The molecule has 84 valence electrons. The largest absolute Gasteiger partial charge is 0.444 e. The molecule has 0 bridgehead atoms. The quantitative estimate of drug-likeness (QED) is 0.756. The first kappa shape index (κ1) is 13.2. The minimum Gasteiger partial charge on any atom is -0.444 e. The zero-order chi connectivity index (χ0) is 11.4. The molecule has 0 radical (unpaired) electrons. The summed E-state index contributed by atoms with van der Waals surface area (Å²) >= 11 is 0. The molecular formula is C10H22N2O2. The number of nitrogens with zero attached hydrogens (tertiary/aromatic N) is 1. The maximum Gasteiger partial charge on any atom is 0.410 e. The first-order chi connectivity index (χ1) is 6.28. The summed E-state index contributed by atoms with van der Waals surface area (Å²) in [5.41, 5.74) is 4.97. The van der Waals surface area contributed by atoms with Crippen LogP contribution in [-0.4, -0.2) is 35.7 Å². The Kier molecular flexibility index (Phi) is 4.91. The van der Waals surface area contributed by atoms with Crippen molar-refractivity contribution in [3.05, 3.63) is 0 Å². The van der Waals surface area contributed by atoms with Gasteiger partial charge in [0, 0.05) is 19.1 Å². The van der Waals surface area contributed by atoms with Crippen molar-refractivity contribution in [1.82, 2.24) is 4.90 Å². The predicted molar refractivity (Wildman–Crippen MR) is 57.1 cm³/mol. The average Bonchev–Trinajstić information content (AvgIpc) is 1.95. The lowest BCUT2D eigenvalue weighted by atomic mass is 10.2. The lowest BCUT2D eigenvalue weighted by Gasteiger charge is -2.29. The molecule has 2 N–H and O–H groups in total. The first-order valence-electron chi connectivity index (χ1n) is 4.97. The number of amides is 1. The minimum atomic E-state index is -0.446. The highest BCUT2D eigenvalue weighted by Gasteiger charge is 2.23. The molecule has 0 heterocycles. The van der Waals surface area contributed by atoms with Crippen LogP contribution in [0, 0.1) is 0 Å². The maximum atomic E-state index is 11.6. The fourth-order valence-corrected chi connectivity index (χ4v) is 1.02. The van der Waals surface area contributed by atoms with Crippen LogP contribution in [0.3, 0.4) is 0 Å². The Morgan fingerprint density at radius 3 is 2.21 bits per heavy atom. The Bertz CT molecular complexity index is 185. The van der Waals surface area contributed by atoms with E-state index in [1.165, 1.54) is 0 Å². The van der Waals surface area contributed by atoms with Gasteiger partial charge in [-0.15, -0.1) is 0 Å². The number of carbonyl (C=O) groups excluding carboxylic acids is 1. The van der Waals surface area contributed by atoms with Gasteiger partial charge in [-0.3, -0.25) is 0 Å². The summed E-state index contributed by atoms with van der Waals surface area (Å²) in [5.74, 6) is 0. The van der Waals surface area contributed by atoms with Crippen LogP contribution in [0.4, 0.5) is 4.79 Å². The van der Waals surface area contributed by atoms with Crippen molar-refractivity contribution < 1.29 is 9.53 Å². The van der Waals surface area contributed by atoms with Gasteiger partial charge >= 0.3 is 6.09 Å². The van der Waals surface area contributed by atoms with Crippen molar-refractivity contribution in [1.29, 1.82) is 0 Å². The highest BCUT2D eigenvalue weighted by Crippen LogP contribution is 2.11. The molecule has 0 aliphatic rings. The van der Waals surface area contributed by atoms with E-state index in [1.54, 1.807) is 4.90 Å². The van der Waals surface area contributed by atoms with Gasteiger partial charge in [0.1, 0.15) is 5.60 Å². The zero-order valence-electron chi connectivity index (χ0n) is 9.83. The number of hydrogen-bond donors (Lipinski definition) is 1. The SMILES string of the molecule is CC(C)N(CCN)C(=O)OC(C)(C)C. The number of carbonyl (C=O) groups is 1. The summed E-state index contributed by atoms with van der Waals surface area (Å²) in [4.78, 5) is 13.3. The fourth-order valence-electron chi connectivity index (χ4n) is 1.02. The molecule has 1 amide bonds. The van der Waals surface area contributed by atoms with Gasteiger partial charge in [-0.1, -0.05) is 0 Å². The third-order valence-electron chi connectivity index (χ3n) is 1.62. The molecule has 0 unspecified atom stereocenters. The van der Waals surface area contributed by atoms with Gasteiger partial charge in [0.25, 0.3) is 0 Å². The molecule has 0 aromatic heterocycles. The summed E-state index contributed by atoms with van der Waals surface area (Å²) in [6.07, 6.45) is -0.294. The molecule has 4 heteroatoms. The Labute approximate surface area is 86.4 Å². The van der Waals surface area contributed by atoms with E-state index < -0.39 is 5.60 Å². The van der Waals surface area contributed by atoms with Crippen molar-refractivity contribution in [3.8, 4) is 0 Å². The average molecular weight is 202 g/mol.